The molecule has 0 fully saturated rings. The zero-order valence-corrected chi connectivity index (χ0v) is 18.6. The van der Waals surface area contributed by atoms with Gasteiger partial charge in [0.05, 0.1) is 6.42 Å². The van der Waals surface area contributed by atoms with Crippen LogP contribution < -0.4 is 5.32 Å². The van der Waals surface area contributed by atoms with Gasteiger partial charge >= 0.3 is 0 Å². The number of hydrogen-bond donors (Lipinski definition) is 1. The highest BCUT2D eigenvalue weighted by atomic mass is 35.5. The van der Waals surface area contributed by atoms with E-state index in [1.54, 1.807) is 48.5 Å². The van der Waals surface area contributed by atoms with E-state index in [1.807, 2.05) is 36.4 Å². The maximum Gasteiger partial charge on any atom is 0.242 e. The molecule has 1 N–H and O–H groups in total. The minimum atomic E-state index is -0.660. The van der Waals surface area contributed by atoms with Crippen molar-refractivity contribution < 1.29 is 9.59 Å². The van der Waals surface area contributed by atoms with Crippen molar-refractivity contribution in [2.45, 2.75) is 32.5 Å². The third-order valence-corrected chi connectivity index (χ3v) is 5.40. The molecule has 5 nitrogen and oxygen atoms in total. The number of amides is 2. The molecule has 3 aromatic rings. The number of aromatic nitrogens is 1. The standard InChI is InChI=1S/C24H23Cl2N3O2/c1-17(24(31)28-15-20-3-2-12-27-14-20)29(16-19-6-10-22(26)11-7-19)23(30)13-18-4-8-21(25)9-5-18/h2-12,14,17H,13,15-16H2,1H3,(H,28,31)/t17-/m0/s1. The van der Waals surface area contributed by atoms with Crippen molar-refractivity contribution in [1.82, 2.24) is 15.2 Å². The molecule has 0 aliphatic rings. The van der Waals surface area contributed by atoms with Crippen LogP contribution in [0.3, 0.4) is 0 Å². The molecule has 7 heteroatoms. The number of nitrogens with one attached hydrogen (secondary N) is 1. The van der Waals surface area contributed by atoms with Crippen LogP contribution in [0.1, 0.15) is 23.6 Å². The zero-order valence-electron chi connectivity index (χ0n) is 17.1. The van der Waals surface area contributed by atoms with E-state index in [0.717, 1.165) is 16.7 Å². The first kappa shape index (κ1) is 22.8. The van der Waals surface area contributed by atoms with Crippen LogP contribution in [0, 0.1) is 0 Å². The molecule has 3 rings (SSSR count). The molecule has 0 aliphatic heterocycles. The van der Waals surface area contributed by atoms with Gasteiger partial charge in [-0.25, -0.2) is 0 Å². The van der Waals surface area contributed by atoms with E-state index >= 15 is 0 Å². The fraction of sp³-hybridized carbons (Fsp3) is 0.208. The lowest BCUT2D eigenvalue weighted by atomic mass is 10.1. The Morgan fingerprint density at radius 1 is 0.935 bits per heavy atom. The Kier molecular flexibility index (Phi) is 8.04. The number of pyridine rings is 1. The predicted octanol–water partition coefficient (Wildman–Crippen LogP) is 4.66. The third-order valence-electron chi connectivity index (χ3n) is 4.89. The summed E-state index contributed by atoms with van der Waals surface area (Å²) in [7, 11) is 0. The summed E-state index contributed by atoms with van der Waals surface area (Å²) >= 11 is 11.9. The molecule has 1 heterocycles. The maximum absolute atomic E-state index is 13.2. The van der Waals surface area contributed by atoms with Crippen LogP contribution in [0.15, 0.2) is 73.1 Å². The fourth-order valence-corrected chi connectivity index (χ4v) is 3.34. The smallest absolute Gasteiger partial charge is 0.242 e. The van der Waals surface area contributed by atoms with Gasteiger partial charge in [0.1, 0.15) is 6.04 Å². The third kappa shape index (κ3) is 6.81. The minimum absolute atomic E-state index is 0.152. The minimum Gasteiger partial charge on any atom is -0.350 e. The molecule has 160 valence electrons. The SMILES string of the molecule is C[C@@H](C(=O)NCc1cccnc1)N(Cc1ccc(Cl)cc1)C(=O)Cc1ccc(Cl)cc1. The van der Waals surface area contributed by atoms with Crippen molar-refractivity contribution in [3.63, 3.8) is 0 Å². The van der Waals surface area contributed by atoms with Gasteiger partial charge in [-0.3, -0.25) is 14.6 Å². The molecular formula is C24H23Cl2N3O2. The molecule has 0 aliphatic carbocycles. The summed E-state index contributed by atoms with van der Waals surface area (Å²) in [6.45, 7) is 2.37. The van der Waals surface area contributed by atoms with E-state index < -0.39 is 6.04 Å². The van der Waals surface area contributed by atoms with Gasteiger partial charge in [-0.2, -0.15) is 0 Å². The van der Waals surface area contributed by atoms with E-state index in [9.17, 15) is 9.59 Å². The van der Waals surface area contributed by atoms with E-state index in [0.29, 0.717) is 23.1 Å². The molecule has 0 spiro atoms. The van der Waals surface area contributed by atoms with Gasteiger partial charge in [-0.15, -0.1) is 0 Å². The van der Waals surface area contributed by atoms with Gasteiger partial charge in [-0.05, 0) is 53.9 Å². The van der Waals surface area contributed by atoms with E-state index in [4.69, 9.17) is 23.2 Å². The monoisotopic (exact) mass is 455 g/mol. The Balaban J connectivity index is 1.74. The summed E-state index contributed by atoms with van der Waals surface area (Å²) < 4.78 is 0. The fourth-order valence-electron chi connectivity index (χ4n) is 3.09. The molecule has 0 saturated carbocycles. The Hall–Kier alpha value is -2.89. The predicted molar refractivity (Wildman–Crippen MR) is 123 cm³/mol. The average Bonchev–Trinajstić information content (AvgIpc) is 2.78. The van der Waals surface area contributed by atoms with Crippen LogP contribution in [-0.4, -0.2) is 27.7 Å². The number of nitrogens with zero attached hydrogens (tertiary/aromatic N) is 2. The number of halogens is 2. The highest BCUT2D eigenvalue weighted by Gasteiger charge is 2.26. The summed E-state index contributed by atoms with van der Waals surface area (Å²) in [5.41, 5.74) is 2.61. The summed E-state index contributed by atoms with van der Waals surface area (Å²) in [5, 5.41) is 4.11. The van der Waals surface area contributed by atoms with Gasteiger partial charge in [0.25, 0.3) is 0 Å². The van der Waals surface area contributed by atoms with Gasteiger partial charge in [0.15, 0.2) is 0 Å². The summed E-state index contributed by atoms with van der Waals surface area (Å²) in [6.07, 6.45) is 3.55. The van der Waals surface area contributed by atoms with E-state index in [2.05, 4.69) is 10.3 Å². The topological polar surface area (TPSA) is 62.3 Å². The van der Waals surface area contributed by atoms with Crippen molar-refractivity contribution in [3.8, 4) is 0 Å². The first-order valence-corrected chi connectivity index (χ1v) is 10.6. The van der Waals surface area contributed by atoms with E-state index in [-0.39, 0.29) is 18.2 Å². The average molecular weight is 456 g/mol. The Bertz CT molecular complexity index is 1010. The van der Waals surface area contributed by atoms with Gasteiger partial charge in [0.2, 0.25) is 11.8 Å². The number of hydrogen-bond acceptors (Lipinski definition) is 3. The van der Waals surface area contributed by atoms with E-state index in [1.165, 1.54) is 0 Å². The highest BCUT2D eigenvalue weighted by molar-refractivity contribution is 6.30. The quantitative estimate of drug-likeness (QED) is 0.536. The normalized spacial score (nSPS) is 11.6. The van der Waals surface area contributed by atoms with Crippen LogP contribution >= 0.6 is 23.2 Å². The van der Waals surface area contributed by atoms with Crippen LogP contribution in [-0.2, 0) is 29.1 Å². The number of carbonyl (C=O) groups excluding carboxylic acids is 2. The number of benzene rings is 2. The molecule has 0 saturated heterocycles. The highest BCUT2D eigenvalue weighted by Crippen LogP contribution is 2.16. The molecule has 2 aromatic carbocycles. The maximum atomic E-state index is 13.2. The second-order valence-electron chi connectivity index (χ2n) is 7.21. The van der Waals surface area contributed by atoms with Crippen molar-refractivity contribution in [1.29, 1.82) is 0 Å². The molecule has 0 unspecified atom stereocenters. The molecule has 0 bridgehead atoms. The number of carbonyl (C=O) groups is 2. The van der Waals surface area contributed by atoms with Crippen molar-refractivity contribution >= 4 is 35.0 Å². The lowest BCUT2D eigenvalue weighted by molar-refractivity contribution is -0.140. The van der Waals surface area contributed by atoms with Crippen molar-refractivity contribution in [2.75, 3.05) is 0 Å². The lowest BCUT2D eigenvalue weighted by Crippen LogP contribution is -2.48. The van der Waals surface area contributed by atoms with Crippen molar-refractivity contribution in [2.24, 2.45) is 0 Å². The Morgan fingerprint density at radius 3 is 2.13 bits per heavy atom. The molecule has 2 amide bonds. The van der Waals surface area contributed by atoms with Crippen LogP contribution in [0.2, 0.25) is 10.0 Å². The summed E-state index contributed by atoms with van der Waals surface area (Å²) in [4.78, 5) is 31.6. The molecular weight excluding hydrogens is 433 g/mol. The lowest BCUT2D eigenvalue weighted by Gasteiger charge is -2.29. The Labute approximate surface area is 192 Å². The Morgan fingerprint density at radius 2 is 1.55 bits per heavy atom. The molecule has 0 radical (unpaired) electrons. The molecule has 1 aromatic heterocycles. The summed E-state index contributed by atoms with van der Waals surface area (Å²) in [5.74, 6) is -0.386. The van der Waals surface area contributed by atoms with Gasteiger partial charge in [0, 0.05) is 35.5 Å². The zero-order chi connectivity index (χ0) is 22.2. The van der Waals surface area contributed by atoms with Crippen LogP contribution in [0.25, 0.3) is 0 Å². The first-order chi connectivity index (χ1) is 14.9. The largest absolute Gasteiger partial charge is 0.350 e. The van der Waals surface area contributed by atoms with Gasteiger partial charge in [-0.1, -0.05) is 53.5 Å². The van der Waals surface area contributed by atoms with Crippen LogP contribution in [0.4, 0.5) is 0 Å². The second kappa shape index (κ2) is 10.9. The second-order valence-corrected chi connectivity index (χ2v) is 8.08. The molecule has 31 heavy (non-hydrogen) atoms. The van der Waals surface area contributed by atoms with Crippen LogP contribution in [0.5, 0.6) is 0 Å². The number of rotatable bonds is 8. The summed E-state index contributed by atoms with van der Waals surface area (Å²) in [6, 6.07) is 17.4. The first-order valence-electron chi connectivity index (χ1n) is 9.87. The van der Waals surface area contributed by atoms with Crippen molar-refractivity contribution in [3.05, 3.63) is 99.8 Å². The van der Waals surface area contributed by atoms with Gasteiger partial charge < -0.3 is 10.2 Å². The molecule has 1 atom stereocenters.